The number of nitrogens with zero attached hydrogens (tertiary/aromatic N) is 2. The number of aromatic nitrogens is 1. The van der Waals surface area contributed by atoms with E-state index in [0.717, 1.165) is 0 Å². The highest BCUT2D eigenvalue weighted by molar-refractivity contribution is 5.31. The standard InChI is InChI=1S/C25H42N2/c1-3-5-7-9-11-13-19-25(20-14-12-10-8-6-4-2)21-15-16-24-27(25)26-22-17-18-23-26/h15-18,21-24H,3-14,19-20H2,1-2H3. The van der Waals surface area contributed by atoms with Crippen LogP contribution in [0.25, 0.3) is 0 Å². The fourth-order valence-corrected chi connectivity index (χ4v) is 4.31. The largest absolute Gasteiger partial charge is 0.279 e. The zero-order valence-corrected chi connectivity index (χ0v) is 17.9. The van der Waals surface area contributed by atoms with Crippen molar-refractivity contribution in [2.45, 2.75) is 109 Å². The predicted octanol–water partition coefficient (Wildman–Crippen LogP) is 7.75. The molecule has 0 atom stereocenters. The van der Waals surface area contributed by atoms with Crippen molar-refractivity contribution in [3.8, 4) is 0 Å². The number of hydrogen-bond donors (Lipinski definition) is 0. The molecule has 2 heteroatoms. The lowest BCUT2D eigenvalue weighted by molar-refractivity contribution is 0.344. The first-order valence-corrected chi connectivity index (χ1v) is 11.6. The van der Waals surface area contributed by atoms with Crippen LogP contribution in [-0.2, 0) is 0 Å². The van der Waals surface area contributed by atoms with Gasteiger partial charge in [0, 0.05) is 18.6 Å². The Kier molecular flexibility index (Phi) is 10.4. The van der Waals surface area contributed by atoms with E-state index in [-0.39, 0.29) is 5.54 Å². The summed E-state index contributed by atoms with van der Waals surface area (Å²) in [5.74, 6) is 0. The van der Waals surface area contributed by atoms with Crippen molar-refractivity contribution < 1.29 is 0 Å². The molecule has 0 radical (unpaired) electrons. The number of allylic oxidation sites excluding steroid dienone is 2. The molecular weight excluding hydrogens is 328 g/mol. The Morgan fingerprint density at radius 2 is 1.15 bits per heavy atom. The lowest BCUT2D eigenvalue weighted by Gasteiger charge is -2.44. The molecule has 1 aliphatic heterocycles. The van der Waals surface area contributed by atoms with Gasteiger partial charge in [-0.25, -0.2) is 0 Å². The van der Waals surface area contributed by atoms with E-state index in [9.17, 15) is 0 Å². The molecule has 0 fully saturated rings. The van der Waals surface area contributed by atoms with E-state index >= 15 is 0 Å². The van der Waals surface area contributed by atoms with Gasteiger partial charge in [0.05, 0.1) is 5.54 Å². The minimum atomic E-state index is 0.142. The van der Waals surface area contributed by atoms with Crippen molar-refractivity contribution in [2.75, 3.05) is 5.01 Å². The Morgan fingerprint density at radius 3 is 1.70 bits per heavy atom. The second-order valence-corrected chi connectivity index (χ2v) is 8.25. The molecule has 0 amide bonds. The van der Waals surface area contributed by atoms with Crippen LogP contribution in [0.15, 0.2) is 49.0 Å². The first kappa shape index (κ1) is 21.9. The van der Waals surface area contributed by atoms with Gasteiger partial charge in [-0.2, -0.15) is 0 Å². The van der Waals surface area contributed by atoms with Crippen LogP contribution in [0.2, 0.25) is 0 Å². The molecule has 152 valence electrons. The van der Waals surface area contributed by atoms with Crippen LogP contribution < -0.4 is 5.01 Å². The van der Waals surface area contributed by atoms with Gasteiger partial charge in [0.1, 0.15) is 0 Å². The Balaban J connectivity index is 1.94. The van der Waals surface area contributed by atoms with E-state index in [2.05, 4.69) is 72.5 Å². The van der Waals surface area contributed by atoms with Crippen LogP contribution in [0.4, 0.5) is 0 Å². The maximum absolute atomic E-state index is 2.48. The third-order valence-corrected chi connectivity index (χ3v) is 5.97. The fraction of sp³-hybridized carbons (Fsp3) is 0.680. The first-order valence-electron chi connectivity index (χ1n) is 11.6. The van der Waals surface area contributed by atoms with Gasteiger partial charge < -0.3 is 0 Å². The molecule has 0 spiro atoms. The fourth-order valence-electron chi connectivity index (χ4n) is 4.31. The van der Waals surface area contributed by atoms with Gasteiger partial charge in [0.2, 0.25) is 0 Å². The lowest BCUT2D eigenvalue weighted by atomic mass is 9.84. The normalized spacial score (nSPS) is 15.6. The average Bonchev–Trinajstić information content (AvgIpc) is 3.22. The van der Waals surface area contributed by atoms with Crippen molar-refractivity contribution in [1.29, 1.82) is 0 Å². The van der Waals surface area contributed by atoms with E-state index in [1.807, 2.05) is 0 Å². The summed E-state index contributed by atoms with van der Waals surface area (Å²) in [6, 6.07) is 4.26. The van der Waals surface area contributed by atoms with Crippen LogP contribution in [-0.4, -0.2) is 10.2 Å². The highest BCUT2D eigenvalue weighted by Gasteiger charge is 2.33. The lowest BCUT2D eigenvalue weighted by Crippen LogP contribution is -2.51. The Labute approximate surface area is 168 Å². The Hall–Kier alpha value is -1.44. The van der Waals surface area contributed by atoms with Crippen molar-refractivity contribution in [3.05, 3.63) is 49.0 Å². The summed E-state index contributed by atoms with van der Waals surface area (Å²) < 4.78 is 2.27. The zero-order valence-electron chi connectivity index (χ0n) is 17.9. The topological polar surface area (TPSA) is 8.17 Å². The molecule has 0 aromatic carbocycles. The van der Waals surface area contributed by atoms with Gasteiger partial charge in [-0.1, -0.05) is 103 Å². The van der Waals surface area contributed by atoms with E-state index in [1.54, 1.807) is 0 Å². The molecule has 1 aromatic heterocycles. The SMILES string of the molecule is CCCCCCCCC1(CCCCCCCC)C=CC=CN1n1cccc1. The summed E-state index contributed by atoms with van der Waals surface area (Å²) in [6.07, 6.45) is 32.5. The summed E-state index contributed by atoms with van der Waals surface area (Å²) in [5, 5.41) is 2.48. The highest BCUT2D eigenvalue weighted by atomic mass is 15.6. The van der Waals surface area contributed by atoms with Crippen LogP contribution in [0.5, 0.6) is 0 Å². The highest BCUT2D eigenvalue weighted by Crippen LogP contribution is 2.32. The van der Waals surface area contributed by atoms with Crippen molar-refractivity contribution in [3.63, 3.8) is 0 Å². The van der Waals surface area contributed by atoms with Gasteiger partial charge in [-0.05, 0) is 31.1 Å². The molecule has 0 saturated heterocycles. The van der Waals surface area contributed by atoms with Gasteiger partial charge in [-0.15, -0.1) is 0 Å². The molecule has 0 aliphatic carbocycles. The van der Waals surface area contributed by atoms with E-state index in [0.29, 0.717) is 0 Å². The summed E-state index contributed by atoms with van der Waals surface area (Å²) in [6.45, 7) is 4.59. The van der Waals surface area contributed by atoms with E-state index in [1.165, 1.54) is 89.9 Å². The van der Waals surface area contributed by atoms with Crippen molar-refractivity contribution >= 4 is 0 Å². The van der Waals surface area contributed by atoms with E-state index in [4.69, 9.17) is 0 Å². The average molecular weight is 371 g/mol. The summed E-state index contributed by atoms with van der Waals surface area (Å²) in [7, 11) is 0. The third kappa shape index (κ3) is 7.24. The summed E-state index contributed by atoms with van der Waals surface area (Å²) in [4.78, 5) is 0. The predicted molar refractivity (Wildman–Crippen MR) is 120 cm³/mol. The monoisotopic (exact) mass is 370 g/mol. The maximum Gasteiger partial charge on any atom is 0.0794 e. The molecule has 2 heterocycles. The Bertz CT molecular complexity index is 511. The van der Waals surface area contributed by atoms with Gasteiger partial charge >= 0.3 is 0 Å². The van der Waals surface area contributed by atoms with Gasteiger partial charge in [0.25, 0.3) is 0 Å². The zero-order chi connectivity index (χ0) is 19.2. The molecule has 0 bridgehead atoms. The molecule has 0 saturated carbocycles. The summed E-state index contributed by atoms with van der Waals surface area (Å²) >= 11 is 0. The van der Waals surface area contributed by atoms with Crippen LogP contribution in [0.1, 0.15) is 104 Å². The molecule has 0 unspecified atom stereocenters. The maximum atomic E-state index is 2.48. The van der Waals surface area contributed by atoms with Crippen molar-refractivity contribution in [2.24, 2.45) is 0 Å². The number of unbranched alkanes of at least 4 members (excludes halogenated alkanes) is 10. The number of rotatable bonds is 15. The number of hydrogen-bond acceptors (Lipinski definition) is 1. The minimum absolute atomic E-state index is 0.142. The molecule has 1 aromatic rings. The van der Waals surface area contributed by atoms with Gasteiger partial charge in [0.15, 0.2) is 0 Å². The second kappa shape index (κ2) is 12.9. The van der Waals surface area contributed by atoms with E-state index < -0.39 is 0 Å². The molecule has 1 aliphatic rings. The quantitative estimate of drug-likeness (QED) is 0.286. The first-order chi connectivity index (χ1) is 13.3. The molecule has 0 N–H and O–H groups in total. The third-order valence-electron chi connectivity index (χ3n) is 5.97. The molecular formula is C25H42N2. The van der Waals surface area contributed by atoms with Crippen LogP contribution >= 0.6 is 0 Å². The van der Waals surface area contributed by atoms with Crippen LogP contribution in [0, 0.1) is 0 Å². The smallest absolute Gasteiger partial charge is 0.0794 e. The van der Waals surface area contributed by atoms with Crippen molar-refractivity contribution in [1.82, 2.24) is 4.68 Å². The van der Waals surface area contributed by atoms with Gasteiger partial charge in [-0.3, -0.25) is 9.69 Å². The van der Waals surface area contributed by atoms with Crippen LogP contribution in [0.3, 0.4) is 0 Å². The summed E-state index contributed by atoms with van der Waals surface area (Å²) in [5.41, 5.74) is 0.142. The molecule has 2 nitrogen and oxygen atoms in total. The minimum Gasteiger partial charge on any atom is -0.279 e. The second-order valence-electron chi connectivity index (χ2n) is 8.25. The Morgan fingerprint density at radius 1 is 0.630 bits per heavy atom. The molecule has 2 rings (SSSR count). The molecule has 27 heavy (non-hydrogen) atoms.